The van der Waals surface area contributed by atoms with Crippen molar-refractivity contribution in [2.75, 3.05) is 11.5 Å². The molecule has 2 amide bonds. The van der Waals surface area contributed by atoms with Gasteiger partial charge in [0.2, 0.25) is 5.91 Å². The molecule has 0 spiro atoms. The zero-order chi connectivity index (χ0) is 15.6. The average molecular weight is 312 g/mol. The van der Waals surface area contributed by atoms with Crippen LogP contribution in [0.4, 0.5) is 0 Å². The molecule has 0 bridgehead atoms. The first-order valence-electron chi connectivity index (χ1n) is 6.63. The smallest absolute Gasteiger partial charge is 0.268 e. The van der Waals surface area contributed by atoms with Crippen molar-refractivity contribution < 1.29 is 18.0 Å². The Hall–Kier alpha value is -1.95. The van der Waals surface area contributed by atoms with Crippen LogP contribution in [0.3, 0.4) is 0 Å². The number of hydrogen-bond acceptors (Lipinski definition) is 6. The Balaban J connectivity index is 2.14. The molecule has 0 aromatic carbocycles. The minimum absolute atomic E-state index is 0.0317. The van der Waals surface area contributed by atoms with Crippen molar-refractivity contribution >= 4 is 27.4 Å². The molecule has 0 radical (unpaired) electrons. The molecule has 2 aliphatic rings. The zero-order valence-corrected chi connectivity index (χ0v) is 12.4. The molecule has 9 heteroatoms. The van der Waals surface area contributed by atoms with E-state index < -0.39 is 27.8 Å². The van der Waals surface area contributed by atoms with E-state index >= 15 is 0 Å². The van der Waals surface area contributed by atoms with Crippen molar-refractivity contribution in [3.05, 3.63) is 0 Å². The van der Waals surface area contributed by atoms with E-state index in [1.54, 1.807) is 0 Å². The molecule has 1 fully saturated rings. The molecule has 2 unspecified atom stereocenters. The van der Waals surface area contributed by atoms with E-state index in [2.05, 4.69) is 10.4 Å². The van der Waals surface area contributed by atoms with Gasteiger partial charge in [0, 0.05) is 12.8 Å². The molecule has 1 N–H and O–H groups in total. The number of nitriles is 1. The fourth-order valence-electron chi connectivity index (χ4n) is 2.30. The largest absolute Gasteiger partial charge is 0.335 e. The van der Waals surface area contributed by atoms with Crippen LogP contribution in [0.2, 0.25) is 0 Å². The van der Waals surface area contributed by atoms with Gasteiger partial charge >= 0.3 is 0 Å². The van der Waals surface area contributed by atoms with Crippen LogP contribution in [0, 0.1) is 11.3 Å². The van der Waals surface area contributed by atoms with Crippen LogP contribution < -0.4 is 5.32 Å². The van der Waals surface area contributed by atoms with E-state index in [0.717, 1.165) is 5.01 Å². The monoisotopic (exact) mass is 312 g/mol. The highest BCUT2D eigenvalue weighted by Gasteiger charge is 2.37. The lowest BCUT2D eigenvalue weighted by Crippen LogP contribution is -2.45. The van der Waals surface area contributed by atoms with Crippen molar-refractivity contribution in [1.82, 2.24) is 10.3 Å². The topological polar surface area (TPSA) is 120 Å². The van der Waals surface area contributed by atoms with E-state index in [-0.39, 0.29) is 36.0 Å². The van der Waals surface area contributed by atoms with Crippen molar-refractivity contribution in [2.24, 2.45) is 5.10 Å². The van der Waals surface area contributed by atoms with E-state index in [1.807, 2.05) is 6.07 Å². The molecule has 1 saturated heterocycles. The summed E-state index contributed by atoms with van der Waals surface area (Å²) in [4.78, 5) is 23.8. The molecule has 0 aromatic rings. The molecule has 21 heavy (non-hydrogen) atoms. The summed E-state index contributed by atoms with van der Waals surface area (Å²) in [6, 6.07) is 0.719. The number of carbonyl (C=O) groups is 2. The third-order valence-electron chi connectivity index (χ3n) is 3.42. The van der Waals surface area contributed by atoms with Crippen LogP contribution in [0.5, 0.6) is 0 Å². The van der Waals surface area contributed by atoms with Gasteiger partial charge < -0.3 is 5.32 Å². The summed E-state index contributed by atoms with van der Waals surface area (Å²) >= 11 is 0. The highest BCUT2D eigenvalue weighted by Crippen LogP contribution is 2.22. The van der Waals surface area contributed by atoms with Gasteiger partial charge in [-0.25, -0.2) is 13.4 Å². The molecule has 0 saturated carbocycles. The fraction of sp³-hybridized carbons (Fsp3) is 0.667. The Bertz CT molecular complexity index is 634. The quantitative estimate of drug-likeness (QED) is 0.730. The Morgan fingerprint density at radius 3 is 2.81 bits per heavy atom. The van der Waals surface area contributed by atoms with E-state index in [4.69, 9.17) is 5.26 Å². The maximum absolute atomic E-state index is 11.9. The van der Waals surface area contributed by atoms with Gasteiger partial charge in [0.15, 0.2) is 9.84 Å². The second-order valence-corrected chi connectivity index (χ2v) is 7.39. The van der Waals surface area contributed by atoms with E-state index in [0.29, 0.717) is 6.42 Å². The van der Waals surface area contributed by atoms with Crippen LogP contribution in [0.25, 0.3) is 0 Å². The number of sulfone groups is 1. The zero-order valence-electron chi connectivity index (χ0n) is 11.6. The normalized spacial score (nSPS) is 25.9. The molecule has 114 valence electrons. The second-order valence-electron chi connectivity index (χ2n) is 5.17. The lowest BCUT2D eigenvalue weighted by Gasteiger charge is -2.27. The first-order valence-corrected chi connectivity index (χ1v) is 8.45. The van der Waals surface area contributed by atoms with Crippen molar-refractivity contribution in [1.29, 1.82) is 5.26 Å². The molecular weight excluding hydrogens is 296 g/mol. The maximum Gasteiger partial charge on any atom is 0.268 e. The van der Waals surface area contributed by atoms with Gasteiger partial charge in [-0.3, -0.25) is 9.59 Å². The highest BCUT2D eigenvalue weighted by atomic mass is 32.2. The number of rotatable bonds is 3. The maximum atomic E-state index is 11.9. The number of hydrazone groups is 1. The molecule has 2 aliphatic heterocycles. The summed E-state index contributed by atoms with van der Waals surface area (Å²) in [6.07, 6.45) is 0.642. The highest BCUT2D eigenvalue weighted by molar-refractivity contribution is 7.91. The Morgan fingerprint density at radius 2 is 2.24 bits per heavy atom. The predicted molar refractivity (Wildman–Crippen MR) is 73.8 cm³/mol. The average Bonchev–Trinajstić information content (AvgIpc) is 2.79. The van der Waals surface area contributed by atoms with Crippen molar-refractivity contribution in [2.45, 2.75) is 38.3 Å². The molecule has 2 atom stereocenters. The Kier molecular flexibility index (Phi) is 4.27. The number of amides is 2. The van der Waals surface area contributed by atoms with Gasteiger partial charge in [-0.1, -0.05) is 0 Å². The number of hydrogen-bond donors (Lipinski definition) is 1. The van der Waals surface area contributed by atoms with E-state index in [1.165, 1.54) is 6.92 Å². The first kappa shape index (κ1) is 15.4. The molecule has 8 nitrogen and oxygen atoms in total. The lowest BCUT2D eigenvalue weighted by molar-refractivity contribution is -0.133. The second kappa shape index (κ2) is 5.81. The molecule has 2 rings (SSSR count). The predicted octanol–water partition coefficient (Wildman–Crippen LogP) is -0.820. The van der Waals surface area contributed by atoms with Crippen LogP contribution >= 0.6 is 0 Å². The SMILES string of the molecule is CC(C#N)NC(=O)C1=NN(C2CCS(=O)(=O)C2)C(=O)CC1. The lowest BCUT2D eigenvalue weighted by atomic mass is 10.1. The first-order chi connectivity index (χ1) is 9.82. The fourth-order valence-corrected chi connectivity index (χ4v) is 3.99. The van der Waals surface area contributed by atoms with Crippen LogP contribution in [-0.2, 0) is 19.4 Å². The van der Waals surface area contributed by atoms with Gasteiger partial charge in [-0.2, -0.15) is 10.4 Å². The van der Waals surface area contributed by atoms with Crippen molar-refractivity contribution in [3.8, 4) is 6.07 Å². The van der Waals surface area contributed by atoms with E-state index in [9.17, 15) is 18.0 Å². The van der Waals surface area contributed by atoms with Gasteiger partial charge in [0.1, 0.15) is 11.8 Å². The van der Waals surface area contributed by atoms with Crippen LogP contribution in [0.1, 0.15) is 26.2 Å². The summed E-state index contributed by atoms with van der Waals surface area (Å²) in [5, 5.41) is 16.3. The Labute approximate surface area is 122 Å². The van der Waals surface area contributed by atoms with Gasteiger partial charge in [-0.05, 0) is 13.3 Å². The summed E-state index contributed by atoms with van der Waals surface area (Å²) in [6.45, 7) is 1.54. The summed E-state index contributed by atoms with van der Waals surface area (Å²) in [7, 11) is -3.14. The Morgan fingerprint density at radius 1 is 1.52 bits per heavy atom. The van der Waals surface area contributed by atoms with Crippen LogP contribution in [-0.4, -0.2) is 54.5 Å². The number of nitrogens with zero attached hydrogens (tertiary/aromatic N) is 3. The molecular formula is C12H16N4O4S. The minimum Gasteiger partial charge on any atom is -0.335 e. The molecule has 0 aromatic heterocycles. The third kappa shape index (κ3) is 3.58. The van der Waals surface area contributed by atoms with Gasteiger partial charge in [-0.15, -0.1) is 0 Å². The molecule has 2 heterocycles. The molecule has 0 aliphatic carbocycles. The summed E-state index contributed by atoms with van der Waals surface area (Å²) in [5.74, 6) is -0.861. The van der Waals surface area contributed by atoms with Gasteiger partial charge in [0.25, 0.3) is 5.91 Å². The van der Waals surface area contributed by atoms with Crippen molar-refractivity contribution in [3.63, 3.8) is 0 Å². The van der Waals surface area contributed by atoms with Crippen LogP contribution in [0.15, 0.2) is 5.10 Å². The third-order valence-corrected chi connectivity index (χ3v) is 5.17. The van der Waals surface area contributed by atoms with Gasteiger partial charge in [0.05, 0.1) is 23.6 Å². The minimum atomic E-state index is -3.14. The summed E-state index contributed by atoms with van der Waals surface area (Å²) < 4.78 is 23.0. The summed E-state index contributed by atoms with van der Waals surface area (Å²) in [5.41, 5.74) is 0.154. The number of nitrogens with one attached hydrogen (secondary N) is 1. The standard InChI is InChI=1S/C12H16N4O4S/c1-8(6-13)14-12(18)10-2-3-11(17)16(15-10)9-4-5-21(19,20)7-9/h8-9H,2-5,7H2,1H3,(H,14,18). The number of carbonyl (C=O) groups excluding carboxylic acids is 2.